The van der Waals surface area contributed by atoms with Gasteiger partial charge in [0.15, 0.2) is 5.96 Å². The van der Waals surface area contributed by atoms with Crippen LogP contribution in [0, 0.1) is 5.92 Å². The van der Waals surface area contributed by atoms with Crippen LogP contribution in [0.5, 0.6) is 0 Å². The highest BCUT2D eigenvalue weighted by Crippen LogP contribution is 2.19. The van der Waals surface area contributed by atoms with Crippen LogP contribution < -0.4 is 98.6 Å². The zero-order chi connectivity index (χ0) is 73.2. The molecule has 1 rings (SSSR count). The molecule has 0 aromatic rings. The van der Waals surface area contributed by atoms with E-state index in [0.717, 1.165) is 0 Å². The summed E-state index contributed by atoms with van der Waals surface area (Å²) in [5.41, 5.74) is 39.9. The summed E-state index contributed by atoms with van der Waals surface area (Å²) in [7, 11) is 0. The van der Waals surface area contributed by atoms with Crippen molar-refractivity contribution in [3.8, 4) is 0 Å². The largest absolute Gasteiger partial charge is 0.481 e. The number of hydrogen-bond donors (Lipinski definition) is 22. The van der Waals surface area contributed by atoms with Crippen molar-refractivity contribution < 1.29 is 87.2 Å². The molecule has 550 valence electrons. The molecule has 0 radical (unpaired) electrons. The first-order chi connectivity index (χ1) is 45.9. The molecule has 1 aliphatic rings. The minimum Gasteiger partial charge on any atom is -0.481 e. The molecule has 10 unspecified atom stereocenters. The first-order valence-electron chi connectivity index (χ1n) is 32.4. The van der Waals surface area contributed by atoms with Gasteiger partial charge in [-0.15, -0.1) is 0 Å². The fraction of sp³-hybridized carbons (Fsp3) is 0.724. The number of aliphatic imine (C=N–C) groups is 1. The van der Waals surface area contributed by atoms with E-state index in [4.69, 9.17) is 40.1 Å². The van der Waals surface area contributed by atoms with Gasteiger partial charge in [-0.05, 0) is 141 Å². The standard InChI is InChI=1S/C58H104N20O18S/c1-32(2)47(56(94)75-39(19-20-45(82)83)53(91)76-40(57(95)96)27-46(84)85)77-54(92)37(16-6-10-24-62)72-52(90)38(17-11-25-66-58(64)65)73-50(88)35(14-4-8-22-60)70-49(87)34(13-3-7-21-59)71-51(89)36(15-5-9-23-61)74-55(93)41-18-12-26-78(41)44(81)30-68-42(79)28-67-43(80)29-69-48(86)33(63)31-97/h32-41,47,97H,3-31,59-63H2,1-2H3,(H,67,80)(H,68,79)(H,69,86)(H,70,87)(H,71,89)(H,72,90)(H,73,88)(H,74,93)(H,75,94)(H,76,91)(H,77,92)(H,82,83)(H,84,85)(H,95,96)(H4,64,65,66). The molecule has 0 saturated carbocycles. The fourth-order valence-electron chi connectivity index (χ4n) is 9.71. The Morgan fingerprint density at radius 3 is 1.28 bits per heavy atom. The molecule has 10 atom stereocenters. The zero-order valence-electron chi connectivity index (χ0n) is 55.2. The van der Waals surface area contributed by atoms with E-state index in [0.29, 0.717) is 44.9 Å². The van der Waals surface area contributed by atoms with Crippen molar-refractivity contribution in [2.75, 3.05) is 64.7 Å². The van der Waals surface area contributed by atoms with Gasteiger partial charge in [0.2, 0.25) is 70.9 Å². The van der Waals surface area contributed by atoms with Gasteiger partial charge in [-0.1, -0.05) is 13.8 Å². The number of hydrogen-bond acceptors (Lipinski definition) is 22. The van der Waals surface area contributed by atoms with Crippen molar-refractivity contribution in [3.05, 3.63) is 0 Å². The molecule has 28 N–H and O–H groups in total. The van der Waals surface area contributed by atoms with Crippen molar-refractivity contribution in [1.82, 2.24) is 63.4 Å². The average Bonchev–Trinajstić information content (AvgIpc) is 1.82. The number of carbonyl (C=O) groups excluding carboxylic acids is 12. The number of carboxylic acid groups (broad SMARTS) is 3. The molecule has 0 spiro atoms. The van der Waals surface area contributed by atoms with Crippen LogP contribution in [0.1, 0.15) is 136 Å². The van der Waals surface area contributed by atoms with Crippen LogP contribution in [0.3, 0.4) is 0 Å². The SMILES string of the molecule is CC(C)C(NC(=O)C(CCCCN)NC(=O)C(CCCN=C(N)N)NC(=O)C(CCCCN)NC(=O)C(CCCCN)NC(=O)C(CCCCN)NC(=O)C1CCCN1C(=O)CNC(=O)CNC(=O)CNC(=O)C(N)CS)C(=O)NC(CCC(=O)O)C(=O)NC(CC(=O)O)C(=O)O. The number of guanidine groups is 1. The summed E-state index contributed by atoms with van der Waals surface area (Å²) in [6.45, 7) is 2.32. The Morgan fingerprint density at radius 1 is 0.485 bits per heavy atom. The van der Waals surface area contributed by atoms with Crippen LogP contribution in [-0.2, 0) is 71.9 Å². The van der Waals surface area contributed by atoms with Gasteiger partial charge in [-0.3, -0.25) is 72.1 Å². The topological polar surface area (TPSA) is 647 Å². The summed E-state index contributed by atoms with van der Waals surface area (Å²) in [4.78, 5) is 203. The normalized spacial score (nSPS) is 15.4. The smallest absolute Gasteiger partial charge is 0.326 e. The predicted molar refractivity (Wildman–Crippen MR) is 354 cm³/mol. The molecule has 38 nitrogen and oxygen atoms in total. The zero-order valence-corrected chi connectivity index (χ0v) is 56.1. The molecule has 39 heteroatoms. The van der Waals surface area contributed by atoms with Gasteiger partial charge in [-0.25, -0.2) is 4.79 Å². The highest BCUT2D eigenvalue weighted by molar-refractivity contribution is 7.80. The Kier molecular flexibility index (Phi) is 43.0. The number of carboxylic acids is 3. The van der Waals surface area contributed by atoms with Crippen LogP contribution in [0.4, 0.5) is 0 Å². The molecule has 0 aromatic heterocycles. The summed E-state index contributed by atoms with van der Waals surface area (Å²) in [6.07, 6.45) is 0.698. The second-order valence-corrected chi connectivity index (χ2v) is 23.8. The highest BCUT2D eigenvalue weighted by atomic mass is 32.1. The van der Waals surface area contributed by atoms with Crippen LogP contribution in [0.2, 0.25) is 0 Å². The van der Waals surface area contributed by atoms with Crippen molar-refractivity contribution in [3.63, 3.8) is 0 Å². The van der Waals surface area contributed by atoms with Crippen LogP contribution in [0.15, 0.2) is 4.99 Å². The number of aliphatic carboxylic acids is 3. The van der Waals surface area contributed by atoms with Crippen LogP contribution in [-0.4, -0.2) is 240 Å². The van der Waals surface area contributed by atoms with Crippen molar-refractivity contribution in [2.24, 2.45) is 51.0 Å². The molecule has 1 aliphatic heterocycles. The fourth-order valence-corrected chi connectivity index (χ4v) is 9.87. The Bertz CT molecular complexity index is 2660. The lowest BCUT2D eigenvalue weighted by Crippen LogP contribution is -2.61. The molecule has 0 aliphatic carbocycles. The van der Waals surface area contributed by atoms with E-state index >= 15 is 0 Å². The number of amides is 12. The second kappa shape index (κ2) is 48.2. The van der Waals surface area contributed by atoms with E-state index in [9.17, 15) is 87.2 Å². The van der Waals surface area contributed by atoms with E-state index in [2.05, 4.69) is 70.8 Å². The number of nitrogens with two attached hydrogens (primary N) is 7. The van der Waals surface area contributed by atoms with Crippen LogP contribution >= 0.6 is 12.6 Å². The molecule has 12 amide bonds. The quantitative estimate of drug-likeness (QED) is 0.0116. The highest BCUT2D eigenvalue weighted by Gasteiger charge is 2.39. The van der Waals surface area contributed by atoms with E-state index in [1.165, 1.54) is 18.7 Å². The second-order valence-electron chi connectivity index (χ2n) is 23.4. The molecule has 0 bridgehead atoms. The number of nitrogens with one attached hydrogen (secondary N) is 11. The Labute approximate surface area is 568 Å². The van der Waals surface area contributed by atoms with Crippen molar-refractivity contribution >= 4 is 107 Å². The number of rotatable bonds is 51. The average molecular weight is 1400 g/mol. The van der Waals surface area contributed by atoms with Gasteiger partial charge in [0, 0.05) is 25.3 Å². The Balaban J connectivity index is 3.57. The Hall–Kier alpha value is -8.53. The lowest BCUT2D eigenvalue weighted by atomic mass is 10.00. The first kappa shape index (κ1) is 86.5. The summed E-state index contributed by atoms with van der Waals surface area (Å²) in [5, 5.41) is 55.4. The van der Waals surface area contributed by atoms with E-state index in [-0.39, 0.29) is 109 Å². The molecule has 97 heavy (non-hydrogen) atoms. The van der Waals surface area contributed by atoms with Gasteiger partial charge in [0.25, 0.3) is 0 Å². The summed E-state index contributed by atoms with van der Waals surface area (Å²) < 4.78 is 0. The van der Waals surface area contributed by atoms with E-state index in [1.807, 2.05) is 5.32 Å². The number of nitrogens with zero attached hydrogens (tertiary/aromatic N) is 2. The lowest BCUT2D eigenvalue weighted by Gasteiger charge is -2.29. The minimum atomic E-state index is -1.97. The van der Waals surface area contributed by atoms with E-state index < -0.39 is 194 Å². The third-order valence-electron chi connectivity index (χ3n) is 15.1. The number of unbranched alkanes of at least 4 members (excludes halogenated alkanes) is 4. The van der Waals surface area contributed by atoms with Gasteiger partial charge < -0.3 is 119 Å². The molecular formula is C58H104N20O18S. The monoisotopic (exact) mass is 1400 g/mol. The molecule has 1 saturated heterocycles. The predicted octanol–water partition coefficient (Wildman–Crippen LogP) is -7.89. The van der Waals surface area contributed by atoms with Gasteiger partial charge >= 0.3 is 17.9 Å². The van der Waals surface area contributed by atoms with E-state index in [1.54, 1.807) is 0 Å². The van der Waals surface area contributed by atoms with Gasteiger partial charge in [-0.2, -0.15) is 12.6 Å². The third-order valence-corrected chi connectivity index (χ3v) is 15.5. The molecule has 1 heterocycles. The molecule has 0 aromatic carbocycles. The number of likely N-dealkylation sites (tertiary alicyclic amines) is 1. The number of carbonyl (C=O) groups is 15. The van der Waals surface area contributed by atoms with Crippen molar-refractivity contribution in [2.45, 2.75) is 196 Å². The minimum absolute atomic E-state index is 0.0113. The number of thiol groups is 1. The first-order valence-corrected chi connectivity index (χ1v) is 33.0. The Morgan fingerprint density at radius 2 is 0.876 bits per heavy atom. The van der Waals surface area contributed by atoms with Gasteiger partial charge in [0.05, 0.1) is 32.1 Å². The molecule has 1 fully saturated rings. The van der Waals surface area contributed by atoms with Crippen LogP contribution in [0.25, 0.3) is 0 Å². The summed E-state index contributed by atoms with van der Waals surface area (Å²) >= 11 is 3.92. The molecular weight excluding hydrogens is 1300 g/mol. The van der Waals surface area contributed by atoms with Crippen molar-refractivity contribution in [1.29, 1.82) is 0 Å². The maximum Gasteiger partial charge on any atom is 0.326 e. The summed E-state index contributed by atoms with van der Waals surface area (Å²) in [6, 6.07) is -14.2. The third kappa shape index (κ3) is 35.3. The lowest BCUT2D eigenvalue weighted by molar-refractivity contribution is -0.147. The summed E-state index contributed by atoms with van der Waals surface area (Å²) in [5.74, 6) is -15.8. The van der Waals surface area contributed by atoms with Gasteiger partial charge in [0.1, 0.15) is 54.4 Å². The maximum atomic E-state index is 14.6. The maximum absolute atomic E-state index is 14.6.